The van der Waals surface area contributed by atoms with E-state index in [4.69, 9.17) is 9.47 Å². The largest absolute Gasteiger partial charge is 0.488 e. The number of hydrogen-bond acceptors (Lipinski definition) is 6. The molecule has 1 aliphatic rings. The van der Waals surface area contributed by atoms with Crippen molar-refractivity contribution in [1.29, 1.82) is 0 Å². The molecular formula is C19H24N2O8. The number of benzene rings is 1. The van der Waals surface area contributed by atoms with Crippen molar-refractivity contribution in [2.75, 3.05) is 13.6 Å². The van der Waals surface area contributed by atoms with Crippen molar-refractivity contribution >= 4 is 23.9 Å². The molecule has 1 heterocycles. The number of amides is 2. The van der Waals surface area contributed by atoms with Crippen LogP contribution in [0.25, 0.3) is 0 Å². The van der Waals surface area contributed by atoms with E-state index in [2.05, 4.69) is 5.32 Å². The summed E-state index contributed by atoms with van der Waals surface area (Å²) in [5, 5.41) is 21.1. The van der Waals surface area contributed by atoms with Gasteiger partial charge in [-0.25, -0.2) is 14.4 Å². The first-order valence-electron chi connectivity index (χ1n) is 8.91. The van der Waals surface area contributed by atoms with Gasteiger partial charge >= 0.3 is 18.0 Å². The maximum atomic E-state index is 12.4. The molecule has 1 aromatic rings. The van der Waals surface area contributed by atoms with Gasteiger partial charge < -0.3 is 25.0 Å². The molecule has 0 unspecified atom stereocenters. The Hall–Kier alpha value is -3.30. The first kappa shape index (κ1) is 22.0. The van der Waals surface area contributed by atoms with Crippen LogP contribution in [0.4, 0.5) is 4.79 Å². The van der Waals surface area contributed by atoms with E-state index in [0.717, 1.165) is 4.90 Å². The summed E-state index contributed by atoms with van der Waals surface area (Å²) in [4.78, 5) is 48.2. The first-order valence-corrected chi connectivity index (χ1v) is 8.91. The van der Waals surface area contributed by atoms with E-state index < -0.39 is 41.7 Å². The topological polar surface area (TPSA) is 142 Å². The molecule has 1 aliphatic heterocycles. The number of carbonyl (C=O) groups excluding carboxylic acids is 2. The van der Waals surface area contributed by atoms with Crippen LogP contribution in [-0.4, -0.2) is 70.4 Å². The molecule has 10 nitrogen and oxygen atoms in total. The number of likely N-dealkylation sites (tertiary alicyclic amines) is 1. The van der Waals surface area contributed by atoms with Gasteiger partial charge in [-0.2, -0.15) is 0 Å². The molecule has 0 aliphatic carbocycles. The number of hydrogen-bond donors (Lipinski definition) is 3. The van der Waals surface area contributed by atoms with Crippen LogP contribution < -0.4 is 10.1 Å². The van der Waals surface area contributed by atoms with Gasteiger partial charge in [-0.1, -0.05) is 0 Å². The lowest BCUT2D eigenvalue weighted by Crippen LogP contribution is -2.43. The Balaban J connectivity index is 2.24. The van der Waals surface area contributed by atoms with Crippen LogP contribution in [-0.2, 0) is 9.53 Å². The predicted molar refractivity (Wildman–Crippen MR) is 100 cm³/mol. The number of aromatic carboxylic acids is 1. The van der Waals surface area contributed by atoms with Crippen LogP contribution in [0, 0.1) is 0 Å². The summed E-state index contributed by atoms with van der Waals surface area (Å²) in [6.45, 7) is 4.95. The zero-order chi connectivity index (χ0) is 21.9. The van der Waals surface area contributed by atoms with Gasteiger partial charge in [-0.15, -0.1) is 0 Å². The van der Waals surface area contributed by atoms with E-state index in [1.54, 1.807) is 20.8 Å². The monoisotopic (exact) mass is 408 g/mol. The molecule has 158 valence electrons. The van der Waals surface area contributed by atoms with E-state index >= 15 is 0 Å². The van der Waals surface area contributed by atoms with E-state index in [1.165, 1.54) is 25.2 Å². The summed E-state index contributed by atoms with van der Waals surface area (Å²) in [5.74, 6) is -2.86. The maximum absolute atomic E-state index is 12.4. The fourth-order valence-electron chi connectivity index (χ4n) is 2.90. The second-order valence-electron chi connectivity index (χ2n) is 7.59. The second-order valence-corrected chi connectivity index (χ2v) is 7.59. The van der Waals surface area contributed by atoms with Gasteiger partial charge in [0.05, 0.1) is 12.1 Å². The minimum absolute atomic E-state index is 0.0127. The average molecular weight is 408 g/mol. The van der Waals surface area contributed by atoms with E-state index in [-0.39, 0.29) is 29.8 Å². The summed E-state index contributed by atoms with van der Waals surface area (Å²) < 4.78 is 11.0. The van der Waals surface area contributed by atoms with Crippen molar-refractivity contribution in [3.05, 3.63) is 29.3 Å². The summed E-state index contributed by atoms with van der Waals surface area (Å²) in [5.41, 5.74) is -0.866. The number of aliphatic carboxylic acids is 1. The molecule has 0 bridgehead atoms. The number of carboxylic acids is 2. The Morgan fingerprint density at radius 3 is 2.24 bits per heavy atom. The van der Waals surface area contributed by atoms with Gasteiger partial charge in [0.1, 0.15) is 23.5 Å². The second kappa shape index (κ2) is 8.38. The van der Waals surface area contributed by atoms with Crippen molar-refractivity contribution in [2.45, 2.75) is 44.9 Å². The molecular weight excluding hydrogens is 384 g/mol. The molecule has 1 aromatic carbocycles. The highest BCUT2D eigenvalue weighted by molar-refractivity contribution is 5.98. The third-order valence-corrected chi connectivity index (χ3v) is 4.12. The normalized spacial score (nSPS) is 18.8. The van der Waals surface area contributed by atoms with Gasteiger partial charge in [-0.05, 0) is 39.0 Å². The molecule has 0 spiro atoms. The fourth-order valence-corrected chi connectivity index (χ4v) is 2.90. The van der Waals surface area contributed by atoms with Crippen molar-refractivity contribution < 1.29 is 38.9 Å². The van der Waals surface area contributed by atoms with Crippen molar-refractivity contribution in [1.82, 2.24) is 10.2 Å². The predicted octanol–water partition coefficient (Wildman–Crippen LogP) is 1.59. The standard InChI is InChI=1S/C19H24N2O8/c1-19(2,3)29-18(27)21-9-13(8-14(21)17(25)26)28-12-6-10(15(22)20-4)5-11(7-12)16(23)24/h5-7,13-14H,8-9H2,1-4H3,(H,20,22)(H,23,24)(H,25,26)/t13-,14+/m1/s1. The number of ether oxygens (including phenoxy) is 2. The highest BCUT2D eigenvalue weighted by atomic mass is 16.6. The third kappa shape index (κ3) is 5.59. The number of nitrogens with zero attached hydrogens (tertiary/aromatic N) is 1. The zero-order valence-corrected chi connectivity index (χ0v) is 16.6. The number of nitrogens with one attached hydrogen (secondary N) is 1. The molecule has 2 rings (SSSR count). The summed E-state index contributed by atoms with van der Waals surface area (Å²) >= 11 is 0. The van der Waals surface area contributed by atoms with Crippen molar-refractivity contribution in [2.24, 2.45) is 0 Å². The average Bonchev–Trinajstić information content (AvgIpc) is 3.03. The smallest absolute Gasteiger partial charge is 0.411 e. The van der Waals surface area contributed by atoms with Gasteiger partial charge in [0.25, 0.3) is 5.91 Å². The molecule has 1 fully saturated rings. The van der Waals surface area contributed by atoms with Gasteiger partial charge in [0.15, 0.2) is 0 Å². The minimum atomic E-state index is -1.24. The quantitative estimate of drug-likeness (QED) is 0.667. The van der Waals surface area contributed by atoms with E-state index in [0.29, 0.717) is 0 Å². The molecule has 2 atom stereocenters. The van der Waals surface area contributed by atoms with Crippen LogP contribution in [0.5, 0.6) is 5.75 Å². The first-order chi connectivity index (χ1) is 13.4. The van der Waals surface area contributed by atoms with Gasteiger partial charge in [0.2, 0.25) is 0 Å². The van der Waals surface area contributed by atoms with Crippen LogP contribution in [0.2, 0.25) is 0 Å². The van der Waals surface area contributed by atoms with Crippen molar-refractivity contribution in [3.8, 4) is 5.75 Å². The molecule has 1 saturated heterocycles. The minimum Gasteiger partial charge on any atom is -0.488 e. The molecule has 2 amide bonds. The van der Waals surface area contributed by atoms with E-state index in [1.807, 2.05) is 0 Å². The lowest BCUT2D eigenvalue weighted by molar-refractivity contribution is -0.142. The SMILES string of the molecule is CNC(=O)c1cc(O[C@@H]2C[C@@H](C(=O)O)N(C(=O)OC(C)(C)C)C2)cc(C(=O)O)c1. The van der Waals surface area contributed by atoms with Crippen molar-refractivity contribution in [3.63, 3.8) is 0 Å². The third-order valence-electron chi connectivity index (χ3n) is 4.12. The molecule has 29 heavy (non-hydrogen) atoms. The van der Waals surface area contributed by atoms with Crippen LogP contribution in [0.1, 0.15) is 47.9 Å². The summed E-state index contributed by atoms with van der Waals surface area (Å²) in [7, 11) is 1.41. The Morgan fingerprint density at radius 1 is 1.10 bits per heavy atom. The molecule has 10 heteroatoms. The molecule has 0 radical (unpaired) electrons. The zero-order valence-electron chi connectivity index (χ0n) is 16.6. The molecule has 0 saturated carbocycles. The number of rotatable bonds is 5. The van der Waals surface area contributed by atoms with Crippen LogP contribution in [0.15, 0.2) is 18.2 Å². The Morgan fingerprint density at radius 2 is 1.72 bits per heavy atom. The maximum Gasteiger partial charge on any atom is 0.411 e. The van der Waals surface area contributed by atoms with Gasteiger partial charge in [0, 0.05) is 19.0 Å². The lowest BCUT2D eigenvalue weighted by Gasteiger charge is -2.26. The molecule has 0 aromatic heterocycles. The Kier molecular flexibility index (Phi) is 6.35. The number of carboxylic acid groups (broad SMARTS) is 2. The summed E-state index contributed by atoms with van der Waals surface area (Å²) in [6, 6.07) is 2.66. The fraction of sp³-hybridized carbons (Fsp3) is 0.474. The Bertz CT molecular complexity index is 830. The van der Waals surface area contributed by atoms with E-state index in [9.17, 15) is 29.4 Å². The lowest BCUT2D eigenvalue weighted by atomic mass is 10.1. The summed E-state index contributed by atoms with van der Waals surface area (Å²) in [6.07, 6.45) is -1.51. The highest BCUT2D eigenvalue weighted by Gasteiger charge is 2.42. The Labute approximate surface area is 167 Å². The van der Waals surface area contributed by atoms with Gasteiger partial charge in [-0.3, -0.25) is 9.69 Å². The van der Waals surface area contributed by atoms with Crippen LogP contribution in [0.3, 0.4) is 0 Å². The number of carbonyl (C=O) groups is 4. The highest BCUT2D eigenvalue weighted by Crippen LogP contribution is 2.27. The van der Waals surface area contributed by atoms with Crippen LogP contribution >= 0.6 is 0 Å². The molecule has 3 N–H and O–H groups in total.